The lowest BCUT2D eigenvalue weighted by Gasteiger charge is -2.18. The first-order chi connectivity index (χ1) is 6.90. The molecule has 5 heteroatoms. The first kappa shape index (κ1) is 15.3. The highest BCUT2D eigenvalue weighted by molar-refractivity contribution is 6.58. The Bertz CT molecular complexity index is 197. The zero-order valence-corrected chi connectivity index (χ0v) is 11.2. The minimum atomic E-state index is -1.53. The first-order valence-corrected chi connectivity index (χ1v) is 6.41. The molecule has 0 aliphatic rings. The lowest BCUT2D eigenvalue weighted by atomic mass is 10.1. The Labute approximate surface area is 106 Å². The van der Waals surface area contributed by atoms with E-state index >= 15 is 0 Å². The van der Waals surface area contributed by atoms with Crippen molar-refractivity contribution in [2.45, 2.75) is 55.2 Å². The van der Waals surface area contributed by atoms with Crippen molar-refractivity contribution in [2.75, 3.05) is 0 Å². The van der Waals surface area contributed by atoms with E-state index in [1.54, 1.807) is 0 Å². The summed E-state index contributed by atoms with van der Waals surface area (Å²) in [4.78, 5) is 10.8. The number of hydrogen-bond donors (Lipinski definition) is 1. The van der Waals surface area contributed by atoms with Gasteiger partial charge in [0.15, 0.2) is 4.33 Å². The summed E-state index contributed by atoms with van der Waals surface area (Å²) >= 11 is 17.4. The number of hydrogen-bond acceptors (Lipinski definition) is 1. The molecule has 1 unspecified atom stereocenters. The van der Waals surface area contributed by atoms with Crippen LogP contribution < -0.4 is 5.73 Å². The third-order valence-electron chi connectivity index (χ3n) is 2.21. The molecule has 0 aromatic rings. The second kappa shape index (κ2) is 7.59. The van der Waals surface area contributed by atoms with Gasteiger partial charge in [-0.2, -0.15) is 0 Å². The molecule has 0 radical (unpaired) electrons. The summed E-state index contributed by atoms with van der Waals surface area (Å²) in [5, 5.41) is -0.190. The molecule has 0 saturated carbocycles. The summed E-state index contributed by atoms with van der Waals surface area (Å²) < 4.78 is -1.53. The Morgan fingerprint density at radius 1 is 1.33 bits per heavy atom. The van der Waals surface area contributed by atoms with Gasteiger partial charge in [-0.25, -0.2) is 0 Å². The maximum atomic E-state index is 10.8. The molecule has 0 spiro atoms. The molecule has 0 saturated heterocycles. The van der Waals surface area contributed by atoms with Crippen LogP contribution >= 0.6 is 34.8 Å². The zero-order valence-electron chi connectivity index (χ0n) is 8.94. The smallest absolute Gasteiger partial charge is 0.253 e. The number of amides is 1. The summed E-state index contributed by atoms with van der Waals surface area (Å²) in [5.41, 5.74) is 5.03. The third kappa shape index (κ3) is 7.26. The molecule has 0 fully saturated rings. The van der Waals surface area contributed by atoms with Crippen LogP contribution in [0.4, 0.5) is 0 Å². The molecular weight excluding hydrogens is 256 g/mol. The molecule has 0 bridgehead atoms. The van der Waals surface area contributed by atoms with Gasteiger partial charge in [0.25, 0.3) is 5.91 Å². The quantitative estimate of drug-likeness (QED) is 0.533. The van der Waals surface area contributed by atoms with Gasteiger partial charge < -0.3 is 5.73 Å². The summed E-state index contributed by atoms with van der Waals surface area (Å²) in [6.45, 7) is 2.15. The molecule has 15 heavy (non-hydrogen) atoms. The van der Waals surface area contributed by atoms with Crippen LogP contribution in [0.15, 0.2) is 0 Å². The van der Waals surface area contributed by atoms with Gasteiger partial charge in [-0.3, -0.25) is 4.79 Å². The molecule has 0 heterocycles. The van der Waals surface area contributed by atoms with E-state index in [4.69, 9.17) is 40.5 Å². The van der Waals surface area contributed by atoms with Gasteiger partial charge in [-0.05, 0) is 6.42 Å². The van der Waals surface area contributed by atoms with Crippen molar-refractivity contribution >= 4 is 40.7 Å². The van der Waals surface area contributed by atoms with E-state index in [2.05, 4.69) is 6.92 Å². The SMILES string of the molecule is CCCCCCC(Cl)CC(Cl)(Cl)C(N)=O. The molecule has 2 N–H and O–H groups in total. The Hall–Kier alpha value is 0.340. The Kier molecular flexibility index (Phi) is 7.76. The van der Waals surface area contributed by atoms with E-state index < -0.39 is 10.2 Å². The van der Waals surface area contributed by atoms with Gasteiger partial charge in [-0.15, -0.1) is 11.6 Å². The Balaban J connectivity index is 3.73. The van der Waals surface area contributed by atoms with E-state index in [0.29, 0.717) is 0 Å². The zero-order chi connectivity index (χ0) is 11.9. The van der Waals surface area contributed by atoms with Crippen molar-refractivity contribution in [2.24, 2.45) is 5.73 Å². The summed E-state index contributed by atoms with van der Waals surface area (Å²) in [6.07, 6.45) is 5.59. The molecular formula is C10H18Cl3NO. The van der Waals surface area contributed by atoms with Gasteiger partial charge in [0, 0.05) is 11.8 Å². The van der Waals surface area contributed by atoms with Crippen molar-refractivity contribution < 1.29 is 4.79 Å². The number of alkyl halides is 3. The average Bonchev–Trinajstić information content (AvgIpc) is 2.11. The number of carbonyl (C=O) groups is 1. The van der Waals surface area contributed by atoms with Crippen molar-refractivity contribution in [3.63, 3.8) is 0 Å². The van der Waals surface area contributed by atoms with Crippen molar-refractivity contribution in [3.8, 4) is 0 Å². The van der Waals surface area contributed by atoms with Crippen LogP contribution in [0.25, 0.3) is 0 Å². The Morgan fingerprint density at radius 2 is 1.93 bits per heavy atom. The minimum Gasteiger partial charge on any atom is -0.367 e. The first-order valence-electron chi connectivity index (χ1n) is 5.22. The van der Waals surface area contributed by atoms with E-state index in [9.17, 15) is 4.79 Å². The fourth-order valence-electron chi connectivity index (χ4n) is 1.27. The predicted molar refractivity (Wildman–Crippen MR) is 66.6 cm³/mol. The van der Waals surface area contributed by atoms with Gasteiger partial charge in [0.2, 0.25) is 0 Å². The number of primary amides is 1. The largest absolute Gasteiger partial charge is 0.367 e. The molecule has 0 aliphatic carbocycles. The highest BCUT2D eigenvalue weighted by Crippen LogP contribution is 2.30. The second-order valence-corrected chi connectivity index (χ2v) is 5.82. The number of unbranched alkanes of at least 4 members (excludes halogenated alkanes) is 3. The topological polar surface area (TPSA) is 43.1 Å². The van der Waals surface area contributed by atoms with E-state index in [0.717, 1.165) is 19.3 Å². The van der Waals surface area contributed by atoms with Crippen LogP contribution in [0.1, 0.15) is 45.4 Å². The number of rotatable bonds is 8. The molecule has 0 rings (SSSR count). The standard InChI is InChI=1S/C10H18Cl3NO/c1-2-3-4-5-6-8(11)7-10(12,13)9(14)15/h8H,2-7H2,1H3,(H2,14,15). The maximum absolute atomic E-state index is 10.8. The van der Waals surface area contributed by atoms with Gasteiger partial charge in [0.05, 0.1) is 0 Å². The molecule has 1 atom stereocenters. The van der Waals surface area contributed by atoms with Crippen molar-refractivity contribution in [1.29, 1.82) is 0 Å². The lowest BCUT2D eigenvalue weighted by molar-refractivity contribution is -0.118. The average molecular weight is 275 g/mol. The molecule has 0 aromatic carbocycles. The molecule has 90 valence electrons. The van der Waals surface area contributed by atoms with Crippen molar-refractivity contribution in [3.05, 3.63) is 0 Å². The number of carbonyl (C=O) groups excluding carboxylic acids is 1. The molecule has 0 aliphatic heterocycles. The fraction of sp³-hybridized carbons (Fsp3) is 0.900. The summed E-state index contributed by atoms with van der Waals surface area (Å²) in [6, 6.07) is 0. The van der Waals surface area contributed by atoms with E-state index in [1.165, 1.54) is 12.8 Å². The van der Waals surface area contributed by atoms with Crippen LogP contribution in [0.5, 0.6) is 0 Å². The lowest BCUT2D eigenvalue weighted by Crippen LogP contribution is -2.35. The molecule has 0 aromatic heterocycles. The van der Waals surface area contributed by atoms with Crippen LogP contribution in [0.3, 0.4) is 0 Å². The highest BCUT2D eigenvalue weighted by Gasteiger charge is 2.33. The summed E-state index contributed by atoms with van der Waals surface area (Å²) in [7, 11) is 0. The monoisotopic (exact) mass is 273 g/mol. The summed E-state index contributed by atoms with van der Waals surface area (Å²) in [5.74, 6) is -0.731. The van der Waals surface area contributed by atoms with Crippen LogP contribution in [-0.2, 0) is 4.79 Å². The van der Waals surface area contributed by atoms with Gasteiger partial charge in [0.1, 0.15) is 0 Å². The normalized spacial score (nSPS) is 13.9. The predicted octanol–water partition coefficient (Wildman–Crippen LogP) is 3.61. The van der Waals surface area contributed by atoms with Crippen molar-refractivity contribution in [1.82, 2.24) is 0 Å². The second-order valence-electron chi connectivity index (χ2n) is 3.72. The van der Waals surface area contributed by atoms with Crippen LogP contribution in [0, 0.1) is 0 Å². The fourth-order valence-corrected chi connectivity index (χ4v) is 2.19. The third-order valence-corrected chi connectivity index (χ3v) is 3.26. The number of nitrogens with two attached hydrogens (primary N) is 1. The van der Waals surface area contributed by atoms with E-state index in [1.807, 2.05) is 0 Å². The number of halogens is 3. The van der Waals surface area contributed by atoms with Crippen LogP contribution in [0.2, 0.25) is 0 Å². The highest BCUT2D eigenvalue weighted by atomic mass is 35.5. The minimum absolute atomic E-state index is 0.190. The van der Waals surface area contributed by atoms with E-state index in [-0.39, 0.29) is 11.8 Å². The molecule has 1 amide bonds. The molecule has 2 nitrogen and oxygen atoms in total. The van der Waals surface area contributed by atoms with Gasteiger partial charge >= 0.3 is 0 Å². The Morgan fingerprint density at radius 3 is 2.40 bits per heavy atom. The van der Waals surface area contributed by atoms with Gasteiger partial charge in [-0.1, -0.05) is 55.8 Å². The van der Waals surface area contributed by atoms with Crippen LogP contribution in [-0.4, -0.2) is 15.6 Å². The maximum Gasteiger partial charge on any atom is 0.253 e.